The molecule has 1 aromatic heterocycles. The summed E-state index contributed by atoms with van der Waals surface area (Å²) in [6.07, 6.45) is 7.89. The highest BCUT2D eigenvalue weighted by molar-refractivity contribution is 7.88. The van der Waals surface area contributed by atoms with Crippen molar-refractivity contribution in [1.29, 1.82) is 0 Å². The van der Waals surface area contributed by atoms with Gasteiger partial charge in [-0.2, -0.15) is 0 Å². The smallest absolute Gasteiger partial charge is 0.209 e. The molecule has 5 nitrogen and oxygen atoms in total. The third-order valence-electron chi connectivity index (χ3n) is 3.28. The maximum Gasteiger partial charge on any atom is 0.209 e. The second kappa shape index (κ2) is 6.34. The molecule has 106 valence electrons. The molecule has 2 rings (SSSR count). The van der Waals surface area contributed by atoms with E-state index in [0.29, 0.717) is 6.54 Å². The Morgan fingerprint density at radius 3 is 2.58 bits per heavy atom. The van der Waals surface area contributed by atoms with Crippen molar-refractivity contribution in [2.75, 3.05) is 24.2 Å². The van der Waals surface area contributed by atoms with Gasteiger partial charge in [-0.1, -0.05) is 12.8 Å². The van der Waals surface area contributed by atoms with Crippen LogP contribution in [0.1, 0.15) is 31.2 Å². The molecule has 1 aromatic rings. The van der Waals surface area contributed by atoms with Gasteiger partial charge in [-0.25, -0.2) is 18.1 Å². The maximum atomic E-state index is 11.1. The Hall–Kier alpha value is -1.14. The SMILES string of the molecule is CS(=O)(=O)NCc1ccnc(N2CCCCCC2)c1. The van der Waals surface area contributed by atoms with Gasteiger partial charge in [0.25, 0.3) is 0 Å². The highest BCUT2D eigenvalue weighted by Gasteiger charge is 2.11. The first kappa shape index (κ1) is 14.3. The second-order valence-corrected chi connectivity index (χ2v) is 6.85. The van der Waals surface area contributed by atoms with E-state index in [1.807, 2.05) is 12.1 Å². The van der Waals surface area contributed by atoms with Crippen molar-refractivity contribution < 1.29 is 8.42 Å². The monoisotopic (exact) mass is 283 g/mol. The molecule has 0 bridgehead atoms. The van der Waals surface area contributed by atoms with Gasteiger partial charge >= 0.3 is 0 Å². The summed E-state index contributed by atoms with van der Waals surface area (Å²) in [4.78, 5) is 6.69. The van der Waals surface area contributed by atoms with Gasteiger partial charge in [-0.05, 0) is 30.5 Å². The van der Waals surface area contributed by atoms with E-state index in [2.05, 4.69) is 14.6 Å². The summed E-state index contributed by atoms with van der Waals surface area (Å²) in [6.45, 7) is 2.40. The van der Waals surface area contributed by atoms with E-state index >= 15 is 0 Å². The lowest BCUT2D eigenvalue weighted by molar-refractivity contribution is 0.587. The number of pyridine rings is 1. The fraction of sp³-hybridized carbons (Fsp3) is 0.615. The standard InChI is InChI=1S/C13H21N3O2S/c1-19(17,18)15-11-12-6-7-14-13(10-12)16-8-4-2-3-5-9-16/h6-7,10,15H,2-5,8-9,11H2,1H3. The molecule has 0 spiro atoms. The van der Waals surface area contributed by atoms with Crippen LogP contribution in [0.3, 0.4) is 0 Å². The molecule has 0 saturated carbocycles. The minimum atomic E-state index is -3.15. The quantitative estimate of drug-likeness (QED) is 0.910. The van der Waals surface area contributed by atoms with E-state index in [1.54, 1.807) is 6.20 Å². The fourth-order valence-corrected chi connectivity index (χ4v) is 2.69. The summed E-state index contributed by atoms with van der Waals surface area (Å²) < 4.78 is 24.7. The molecular weight excluding hydrogens is 262 g/mol. The number of sulfonamides is 1. The van der Waals surface area contributed by atoms with Crippen LogP contribution in [0.4, 0.5) is 5.82 Å². The van der Waals surface area contributed by atoms with Crippen molar-refractivity contribution in [1.82, 2.24) is 9.71 Å². The molecule has 1 aliphatic rings. The molecule has 6 heteroatoms. The van der Waals surface area contributed by atoms with Gasteiger partial charge in [-0.15, -0.1) is 0 Å². The summed E-state index contributed by atoms with van der Waals surface area (Å²) in [7, 11) is -3.15. The van der Waals surface area contributed by atoms with Crippen LogP contribution in [0.15, 0.2) is 18.3 Å². The highest BCUT2D eigenvalue weighted by atomic mass is 32.2. The normalized spacial score (nSPS) is 17.2. The number of nitrogens with one attached hydrogen (secondary N) is 1. The number of rotatable bonds is 4. The first-order valence-electron chi connectivity index (χ1n) is 6.69. The Morgan fingerprint density at radius 2 is 1.95 bits per heavy atom. The highest BCUT2D eigenvalue weighted by Crippen LogP contribution is 2.18. The lowest BCUT2D eigenvalue weighted by Gasteiger charge is -2.21. The third kappa shape index (κ3) is 4.80. The van der Waals surface area contributed by atoms with Crippen LogP contribution in [0.2, 0.25) is 0 Å². The fourth-order valence-electron chi connectivity index (χ4n) is 2.26. The minimum Gasteiger partial charge on any atom is -0.357 e. The van der Waals surface area contributed by atoms with Crippen LogP contribution in [-0.2, 0) is 16.6 Å². The molecule has 19 heavy (non-hydrogen) atoms. The summed E-state index contributed by atoms with van der Waals surface area (Å²) in [5.74, 6) is 0.953. The summed E-state index contributed by atoms with van der Waals surface area (Å²) in [5.41, 5.74) is 0.944. The van der Waals surface area contributed by atoms with Crippen molar-refractivity contribution in [3.05, 3.63) is 23.9 Å². The molecule has 1 N–H and O–H groups in total. The Labute approximate surface area is 115 Å². The number of hydrogen-bond acceptors (Lipinski definition) is 4. The van der Waals surface area contributed by atoms with Crippen LogP contribution in [0, 0.1) is 0 Å². The molecule has 0 amide bonds. The molecule has 0 aromatic carbocycles. The van der Waals surface area contributed by atoms with Crippen molar-refractivity contribution in [2.45, 2.75) is 32.2 Å². The van der Waals surface area contributed by atoms with Gasteiger partial charge in [0.2, 0.25) is 10.0 Å². The predicted octanol–water partition coefficient (Wildman–Crippen LogP) is 1.51. The average molecular weight is 283 g/mol. The van der Waals surface area contributed by atoms with Gasteiger partial charge in [-0.3, -0.25) is 0 Å². The van der Waals surface area contributed by atoms with Gasteiger partial charge in [0.05, 0.1) is 6.26 Å². The van der Waals surface area contributed by atoms with Crippen LogP contribution in [0.25, 0.3) is 0 Å². The first-order chi connectivity index (χ1) is 9.04. The first-order valence-corrected chi connectivity index (χ1v) is 8.58. The summed E-state index contributed by atoms with van der Waals surface area (Å²) in [6, 6.07) is 3.82. The van der Waals surface area contributed by atoms with E-state index in [1.165, 1.54) is 31.9 Å². The van der Waals surface area contributed by atoms with E-state index in [9.17, 15) is 8.42 Å². The number of hydrogen-bond donors (Lipinski definition) is 1. The van der Waals surface area contributed by atoms with Gasteiger partial charge < -0.3 is 4.90 Å². The zero-order valence-corrected chi connectivity index (χ0v) is 12.1. The van der Waals surface area contributed by atoms with E-state index in [-0.39, 0.29) is 0 Å². The molecule has 0 aliphatic carbocycles. The van der Waals surface area contributed by atoms with Crippen LogP contribution < -0.4 is 9.62 Å². The lowest BCUT2D eigenvalue weighted by atomic mass is 10.2. The lowest BCUT2D eigenvalue weighted by Crippen LogP contribution is -2.25. The van der Waals surface area contributed by atoms with Crippen LogP contribution in [0.5, 0.6) is 0 Å². The third-order valence-corrected chi connectivity index (χ3v) is 3.95. The number of nitrogens with zero attached hydrogens (tertiary/aromatic N) is 2. The summed E-state index contributed by atoms with van der Waals surface area (Å²) in [5, 5.41) is 0. The molecule has 1 saturated heterocycles. The topological polar surface area (TPSA) is 62.3 Å². The molecule has 2 heterocycles. The van der Waals surface area contributed by atoms with Crippen LogP contribution >= 0.6 is 0 Å². The van der Waals surface area contributed by atoms with Crippen molar-refractivity contribution >= 4 is 15.8 Å². The van der Waals surface area contributed by atoms with Gasteiger partial charge in [0.15, 0.2) is 0 Å². The second-order valence-electron chi connectivity index (χ2n) is 5.02. The minimum absolute atomic E-state index is 0.322. The van der Waals surface area contributed by atoms with E-state index in [0.717, 1.165) is 24.5 Å². The van der Waals surface area contributed by atoms with Gasteiger partial charge in [0.1, 0.15) is 5.82 Å². The largest absolute Gasteiger partial charge is 0.357 e. The summed E-state index contributed by atoms with van der Waals surface area (Å²) >= 11 is 0. The molecule has 0 radical (unpaired) electrons. The molecule has 1 aliphatic heterocycles. The Morgan fingerprint density at radius 1 is 1.26 bits per heavy atom. The zero-order valence-electron chi connectivity index (χ0n) is 11.3. The average Bonchev–Trinajstić information content (AvgIpc) is 2.65. The molecule has 0 unspecified atom stereocenters. The Balaban J connectivity index is 2.05. The predicted molar refractivity (Wildman–Crippen MR) is 76.6 cm³/mol. The van der Waals surface area contributed by atoms with Crippen molar-refractivity contribution in [2.24, 2.45) is 0 Å². The molecular formula is C13H21N3O2S. The maximum absolute atomic E-state index is 11.1. The van der Waals surface area contributed by atoms with Gasteiger partial charge in [0, 0.05) is 25.8 Å². The van der Waals surface area contributed by atoms with Crippen molar-refractivity contribution in [3.63, 3.8) is 0 Å². The molecule has 0 atom stereocenters. The molecule has 1 fully saturated rings. The number of anilines is 1. The Bertz CT molecular complexity index is 508. The Kier molecular flexibility index (Phi) is 4.76. The zero-order chi connectivity index (χ0) is 13.7. The van der Waals surface area contributed by atoms with E-state index in [4.69, 9.17) is 0 Å². The van der Waals surface area contributed by atoms with Crippen molar-refractivity contribution in [3.8, 4) is 0 Å². The number of aromatic nitrogens is 1. The van der Waals surface area contributed by atoms with E-state index < -0.39 is 10.0 Å². The van der Waals surface area contributed by atoms with Crippen LogP contribution in [-0.4, -0.2) is 32.7 Å².